The van der Waals surface area contributed by atoms with Gasteiger partial charge in [0, 0.05) is 73.5 Å². The third-order valence-electron chi connectivity index (χ3n) is 12.6. The maximum Gasteiger partial charge on any atom is 0.341 e. The van der Waals surface area contributed by atoms with Gasteiger partial charge >= 0.3 is 6.03 Å². The van der Waals surface area contributed by atoms with E-state index in [1.54, 1.807) is 30.3 Å². The number of amides is 5. The summed E-state index contributed by atoms with van der Waals surface area (Å²) in [6, 6.07) is 19.0. The third-order valence-corrected chi connectivity index (χ3v) is 15.8. The number of thioether (sulfide) groups is 1. The number of nitrogens with zero attached hydrogens (tertiary/aromatic N) is 7. The third kappa shape index (κ3) is 11.1. The maximum atomic E-state index is 16.1. The lowest BCUT2D eigenvalue weighted by atomic mass is 9.87. The molecule has 0 spiro atoms. The first-order valence-electron chi connectivity index (χ1n) is 23.0. The second-order valence-corrected chi connectivity index (χ2v) is 21.1. The number of nitrogens with one attached hydrogen (secondary N) is 2. The molecule has 5 amide bonds. The molecule has 2 aliphatic heterocycles. The number of urea groups is 1. The Morgan fingerprint density at radius 2 is 1.72 bits per heavy atom. The van der Waals surface area contributed by atoms with Crippen molar-refractivity contribution in [1.82, 2.24) is 24.9 Å². The first-order valence-corrected chi connectivity index (χ1v) is 25.7. The van der Waals surface area contributed by atoms with Crippen LogP contribution in [-0.2, 0) is 29.3 Å². The lowest BCUT2D eigenvalue weighted by Gasteiger charge is -2.39. The van der Waals surface area contributed by atoms with Gasteiger partial charge in [-0.05, 0) is 86.0 Å². The standard InChI is InChI=1S/C50H46ClF5N10O6S2/c1-63(48(70)66-50(17-7-18-57,31-8-3-2-4-9-31)73-46(62-66)38-25-32(52)12-13-40(38)54)21-20-60-74(71,72)36-24-33(53)23-35(26-36)64(47(69)41-14-15-43(67)65(41)42-22-30(29-58)16-19-59-42)44(37-10-5-6-11-39(37)51)45(68)61-34-27-49(55,56)28-34/h2-6,8-13,16,19,22-26,34,41,44,60H,7,14-15,17-18,20-21,27-28,57H2,1H3,(H,61,68)/t41-,44-,50?/m0/s1. The molecule has 386 valence electrons. The van der Waals surface area contributed by atoms with Gasteiger partial charge in [0.25, 0.3) is 11.8 Å². The summed E-state index contributed by atoms with van der Waals surface area (Å²) in [5.41, 5.74) is 5.82. The molecule has 1 unspecified atom stereocenters. The van der Waals surface area contributed by atoms with Crippen molar-refractivity contribution in [2.45, 2.75) is 72.3 Å². The maximum absolute atomic E-state index is 16.1. The average Bonchev–Trinajstić information content (AvgIpc) is 3.96. The van der Waals surface area contributed by atoms with Gasteiger partial charge in [-0.15, -0.1) is 0 Å². The number of pyridine rings is 1. The molecule has 2 fully saturated rings. The van der Waals surface area contributed by atoms with Gasteiger partial charge in [-0.2, -0.15) is 15.4 Å². The van der Waals surface area contributed by atoms with Crippen molar-refractivity contribution >= 4 is 73.7 Å². The fraction of sp³-hybridized carbons (Fsp3) is 0.300. The molecular formula is C50H46ClF5N10O6S2. The van der Waals surface area contributed by atoms with Gasteiger partial charge in [0.15, 0.2) is 0 Å². The number of sulfonamides is 1. The number of halogens is 6. The van der Waals surface area contributed by atoms with Gasteiger partial charge < -0.3 is 16.0 Å². The lowest BCUT2D eigenvalue weighted by Crippen LogP contribution is -2.56. The van der Waals surface area contributed by atoms with Crippen LogP contribution in [0.25, 0.3) is 0 Å². The Labute approximate surface area is 431 Å². The summed E-state index contributed by atoms with van der Waals surface area (Å²) >= 11 is 7.70. The second-order valence-electron chi connectivity index (χ2n) is 17.7. The molecule has 3 heterocycles. The van der Waals surface area contributed by atoms with E-state index in [0.717, 1.165) is 61.8 Å². The Kier molecular flexibility index (Phi) is 15.8. The van der Waals surface area contributed by atoms with Crippen LogP contribution in [0.4, 0.5) is 38.3 Å². The quantitative estimate of drug-likeness (QED) is 0.0778. The van der Waals surface area contributed by atoms with Crippen molar-refractivity contribution in [2.75, 3.05) is 36.5 Å². The van der Waals surface area contributed by atoms with Crippen LogP contribution in [0.3, 0.4) is 0 Å². The molecule has 4 N–H and O–H groups in total. The average molecular weight is 1080 g/mol. The molecule has 1 aromatic heterocycles. The highest BCUT2D eigenvalue weighted by molar-refractivity contribution is 8.15. The van der Waals surface area contributed by atoms with E-state index in [1.807, 2.05) is 6.07 Å². The number of carbonyl (C=O) groups excluding carboxylic acids is 4. The molecule has 1 aliphatic carbocycles. The number of nitriles is 1. The van der Waals surface area contributed by atoms with Crippen LogP contribution in [0.1, 0.15) is 66.8 Å². The van der Waals surface area contributed by atoms with Crippen molar-refractivity contribution in [2.24, 2.45) is 10.8 Å². The number of anilines is 2. The first kappa shape index (κ1) is 53.3. The van der Waals surface area contributed by atoms with E-state index < -0.39 is 110 Å². The van der Waals surface area contributed by atoms with Crippen molar-refractivity contribution in [3.05, 3.63) is 154 Å². The molecule has 8 rings (SSSR count). The topological polar surface area (TPSA) is 215 Å². The molecule has 16 nitrogen and oxygen atoms in total. The molecule has 4 aromatic carbocycles. The van der Waals surface area contributed by atoms with Crippen molar-refractivity contribution in [3.8, 4) is 6.07 Å². The minimum Gasteiger partial charge on any atom is -0.351 e. The normalized spacial score (nSPS) is 18.8. The van der Waals surface area contributed by atoms with Crippen LogP contribution in [0, 0.1) is 28.8 Å². The monoisotopic (exact) mass is 1080 g/mol. The van der Waals surface area contributed by atoms with E-state index >= 15 is 13.6 Å². The zero-order valence-corrected chi connectivity index (χ0v) is 41.6. The van der Waals surface area contributed by atoms with E-state index in [2.05, 4.69) is 20.1 Å². The summed E-state index contributed by atoms with van der Waals surface area (Å²) in [6.07, 6.45) is -0.0391. The summed E-state index contributed by atoms with van der Waals surface area (Å²) in [7, 11) is -3.43. The van der Waals surface area contributed by atoms with Gasteiger partial charge in [-0.3, -0.25) is 24.2 Å². The number of benzene rings is 4. The molecule has 74 heavy (non-hydrogen) atoms. The number of hydrazone groups is 1. The second kappa shape index (κ2) is 21.9. The number of alkyl halides is 2. The van der Waals surface area contributed by atoms with Crippen molar-refractivity contribution in [1.29, 1.82) is 5.26 Å². The summed E-state index contributed by atoms with van der Waals surface area (Å²) in [5.74, 6) is -8.63. The van der Waals surface area contributed by atoms with E-state index in [0.29, 0.717) is 18.1 Å². The minimum absolute atomic E-state index is 0.00397. The molecule has 0 radical (unpaired) electrons. The van der Waals surface area contributed by atoms with Crippen LogP contribution in [0.2, 0.25) is 5.02 Å². The van der Waals surface area contributed by atoms with Crippen LogP contribution in [0.5, 0.6) is 0 Å². The summed E-state index contributed by atoms with van der Waals surface area (Å²) in [5, 5.41) is 17.7. The summed E-state index contributed by atoms with van der Waals surface area (Å²) in [4.78, 5) is 62.8. The van der Waals surface area contributed by atoms with E-state index in [1.165, 1.54) is 49.6 Å². The lowest BCUT2D eigenvalue weighted by molar-refractivity contribution is -0.133. The highest BCUT2D eigenvalue weighted by Crippen LogP contribution is 2.51. The van der Waals surface area contributed by atoms with Crippen molar-refractivity contribution in [3.63, 3.8) is 0 Å². The predicted molar refractivity (Wildman–Crippen MR) is 266 cm³/mol. The zero-order chi connectivity index (χ0) is 53.1. The number of carbonyl (C=O) groups is 4. The van der Waals surface area contributed by atoms with Gasteiger partial charge in [-0.1, -0.05) is 71.9 Å². The predicted octanol–water partition coefficient (Wildman–Crippen LogP) is 7.54. The van der Waals surface area contributed by atoms with Crippen LogP contribution in [-0.4, -0.2) is 96.8 Å². The number of rotatable bonds is 17. The van der Waals surface area contributed by atoms with Crippen LogP contribution >= 0.6 is 23.4 Å². The number of nitrogens with two attached hydrogens (primary N) is 1. The Hall–Kier alpha value is -6.97. The molecule has 1 saturated carbocycles. The number of likely N-dealkylation sites (N-methyl/N-ethyl adjacent to an activating group) is 1. The molecule has 3 atom stereocenters. The van der Waals surface area contributed by atoms with Gasteiger partial charge in [-0.25, -0.2) is 44.9 Å². The number of aromatic nitrogens is 1. The van der Waals surface area contributed by atoms with E-state index in [-0.39, 0.29) is 64.9 Å². The molecule has 5 aromatic rings. The largest absolute Gasteiger partial charge is 0.351 e. The minimum atomic E-state index is -4.79. The summed E-state index contributed by atoms with van der Waals surface area (Å²) in [6.45, 7) is -0.634. The molecule has 24 heteroatoms. The van der Waals surface area contributed by atoms with E-state index in [9.17, 15) is 41.2 Å². The van der Waals surface area contributed by atoms with Crippen LogP contribution < -0.4 is 25.6 Å². The first-order chi connectivity index (χ1) is 35.3. The summed E-state index contributed by atoms with van der Waals surface area (Å²) < 4.78 is 105. The van der Waals surface area contributed by atoms with Gasteiger partial charge in [0.05, 0.1) is 16.5 Å². The Balaban J connectivity index is 1.12. The highest BCUT2D eigenvalue weighted by Gasteiger charge is 2.51. The van der Waals surface area contributed by atoms with Crippen LogP contribution in [0.15, 0.2) is 119 Å². The Morgan fingerprint density at radius 3 is 2.42 bits per heavy atom. The molecule has 1 saturated heterocycles. The molecular weight excluding hydrogens is 1030 g/mol. The van der Waals surface area contributed by atoms with Crippen molar-refractivity contribution < 1.29 is 49.5 Å². The molecule has 0 bridgehead atoms. The SMILES string of the molecule is CN(CCNS(=O)(=O)c1cc(F)cc(N(C(=O)[C@@H]2CCC(=O)N2c2cc(C#N)ccn2)[C@H](C(=O)NC2CC(F)(F)C2)c2ccccc2Cl)c1)C(=O)N1N=C(c2cc(F)ccc2F)SC1(CCCN)c1ccccc1. The smallest absolute Gasteiger partial charge is 0.341 e. The Morgan fingerprint density at radius 1 is 0.986 bits per heavy atom. The van der Waals surface area contributed by atoms with Gasteiger partial charge in [0.1, 0.15) is 45.3 Å². The van der Waals surface area contributed by atoms with Gasteiger partial charge in [0.2, 0.25) is 21.8 Å². The zero-order valence-electron chi connectivity index (χ0n) is 39.2. The molecule has 3 aliphatic rings. The number of hydrogen-bond acceptors (Lipinski definition) is 11. The van der Waals surface area contributed by atoms with E-state index in [4.69, 9.17) is 17.3 Å². The fourth-order valence-electron chi connectivity index (χ4n) is 8.94. The fourth-order valence-corrected chi connectivity index (χ4v) is 11.7. The Bertz CT molecular complexity index is 3180. The highest BCUT2D eigenvalue weighted by atomic mass is 35.5. The number of hydrogen-bond donors (Lipinski definition) is 3.